The molecule has 0 bridgehead atoms. The Morgan fingerprint density at radius 1 is 0.500 bits per heavy atom. The maximum Gasteiger partial charge on any atom is 0.145 e. The second kappa shape index (κ2) is 10.2. The molecule has 0 spiro atoms. The first kappa shape index (κ1) is 28.2. The zero-order valence-electron chi connectivity index (χ0n) is 28.6. The van der Waals surface area contributed by atoms with Crippen LogP contribution in [0.4, 0.5) is 0 Å². The highest BCUT2D eigenvalue weighted by Gasteiger charge is 2.25. The van der Waals surface area contributed by atoms with E-state index in [2.05, 4.69) is 174 Å². The Morgan fingerprint density at radius 2 is 1.19 bits per heavy atom. The number of nitrogens with zero attached hydrogens (tertiary/aromatic N) is 2. The standard InChI is InChI=1S/C49H32N2O/c1-29-12-11-19-35-32-15-5-6-16-33(32)40-28-31(22-23-36(40)45(29)35)50-41-20-9-7-18-38(41)46-42(50)27-25-39-47-43(51(48(39)46)30-13-3-2-4-14-30)26-24-37-34-17-8-10-21-44(34)52-49(37)47/h2-11,13-29H,12H2,1H3. The van der Waals surface area contributed by atoms with Gasteiger partial charge in [-0.1, -0.05) is 104 Å². The summed E-state index contributed by atoms with van der Waals surface area (Å²) in [5.74, 6) is 0.470. The fourth-order valence-electron chi connectivity index (χ4n) is 9.54. The van der Waals surface area contributed by atoms with Crippen molar-refractivity contribution < 1.29 is 4.42 Å². The van der Waals surface area contributed by atoms with Gasteiger partial charge in [0.15, 0.2) is 0 Å². The van der Waals surface area contributed by atoms with Crippen LogP contribution in [0.1, 0.15) is 30.4 Å². The van der Waals surface area contributed by atoms with E-state index in [9.17, 15) is 0 Å². The van der Waals surface area contributed by atoms with Gasteiger partial charge in [0.2, 0.25) is 0 Å². The minimum absolute atomic E-state index is 0.470. The number of fused-ring (bicyclic) bond motifs is 17. The highest BCUT2D eigenvalue weighted by Crippen LogP contribution is 2.47. The molecule has 0 saturated carbocycles. The third-order valence-electron chi connectivity index (χ3n) is 11.7. The monoisotopic (exact) mass is 664 g/mol. The second-order valence-electron chi connectivity index (χ2n) is 14.5. The van der Waals surface area contributed by atoms with Crippen molar-refractivity contribution in [3.8, 4) is 11.4 Å². The van der Waals surface area contributed by atoms with E-state index in [-0.39, 0.29) is 0 Å². The Kier molecular flexibility index (Phi) is 5.55. The van der Waals surface area contributed by atoms with Gasteiger partial charge >= 0.3 is 0 Å². The van der Waals surface area contributed by atoms with Crippen molar-refractivity contribution in [3.63, 3.8) is 0 Å². The van der Waals surface area contributed by atoms with E-state index in [1.54, 1.807) is 0 Å². The molecule has 0 saturated heterocycles. The average molecular weight is 665 g/mol. The van der Waals surface area contributed by atoms with Crippen molar-refractivity contribution in [3.05, 3.63) is 163 Å². The highest BCUT2D eigenvalue weighted by molar-refractivity contribution is 6.31. The molecule has 1 aliphatic carbocycles. The number of hydrogen-bond donors (Lipinski definition) is 0. The molecule has 3 nitrogen and oxygen atoms in total. The summed E-state index contributed by atoms with van der Waals surface area (Å²) in [4.78, 5) is 0. The van der Waals surface area contributed by atoms with E-state index in [1.165, 1.54) is 71.1 Å². The Labute approximate surface area is 299 Å². The number of para-hydroxylation sites is 3. The number of furan rings is 1. The van der Waals surface area contributed by atoms with Crippen LogP contribution >= 0.6 is 0 Å². The Bertz CT molecular complexity index is 3330. The van der Waals surface area contributed by atoms with Crippen LogP contribution in [0.25, 0.3) is 105 Å². The molecular weight excluding hydrogens is 633 g/mol. The van der Waals surface area contributed by atoms with Crippen LogP contribution in [0.2, 0.25) is 0 Å². The largest absolute Gasteiger partial charge is 0.455 e. The number of benzene rings is 8. The number of aromatic nitrogens is 2. The number of hydrogen-bond acceptors (Lipinski definition) is 1. The van der Waals surface area contributed by atoms with Gasteiger partial charge in [-0.3, -0.25) is 0 Å². The molecule has 3 heteroatoms. The van der Waals surface area contributed by atoms with Gasteiger partial charge in [-0.25, -0.2) is 0 Å². The molecule has 12 rings (SSSR count). The fourth-order valence-corrected chi connectivity index (χ4v) is 9.54. The minimum Gasteiger partial charge on any atom is -0.455 e. The van der Waals surface area contributed by atoms with Gasteiger partial charge in [-0.05, 0) is 106 Å². The quantitative estimate of drug-likeness (QED) is 0.169. The Balaban J connectivity index is 1.24. The topological polar surface area (TPSA) is 23.0 Å². The summed E-state index contributed by atoms with van der Waals surface area (Å²) in [5.41, 5.74) is 11.7. The van der Waals surface area contributed by atoms with E-state index < -0.39 is 0 Å². The Hall–Kier alpha value is -6.58. The Morgan fingerprint density at radius 3 is 2.06 bits per heavy atom. The van der Waals surface area contributed by atoms with Crippen molar-refractivity contribution in [2.75, 3.05) is 0 Å². The van der Waals surface area contributed by atoms with Gasteiger partial charge < -0.3 is 13.6 Å². The van der Waals surface area contributed by atoms with Gasteiger partial charge in [0.05, 0.1) is 27.5 Å². The zero-order valence-corrected chi connectivity index (χ0v) is 28.6. The first-order valence-corrected chi connectivity index (χ1v) is 18.3. The lowest BCUT2D eigenvalue weighted by atomic mass is 9.81. The molecule has 1 atom stereocenters. The van der Waals surface area contributed by atoms with Crippen LogP contribution in [-0.4, -0.2) is 9.13 Å². The molecule has 0 radical (unpaired) electrons. The van der Waals surface area contributed by atoms with Crippen LogP contribution in [0.3, 0.4) is 0 Å². The van der Waals surface area contributed by atoms with Crippen molar-refractivity contribution >= 4 is 93.2 Å². The highest BCUT2D eigenvalue weighted by atomic mass is 16.3. The van der Waals surface area contributed by atoms with Crippen molar-refractivity contribution in [1.29, 1.82) is 0 Å². The second-order valence-corrected chi connectivity index (χ2v) is 14.5. The molecule has 3 aromatic heterocycles. The maximum absolute atomic E-state index is 6.70. The molecule has 8 aromatic carbocycles. The average Bonchev–Trinajstić information content (AvgIpc) is 3.86. The molecule has 0 N–H and O–H groups in total. The molecule has 52 heavy (non-hydrogen) atoms. The van der Waals surface area contributed by atoms with Gasteiger partial charge in [-0.15, -0.1) is 0 Å². The van der Waals surface area contributed by atoms with E-state index in [1.807, 2.05) is 0 Å². The van der Waals surface area contributed by atoms with Gasteiger partial charge in [-0.2, -0.15) is 0 Å². The summed E-state index contributed by atoms with van der Waals surface area (Å²) in [6, 6.07) is 53.3. The molecule has 3 heterocycles. The number of rotatable bonds is 2. The van der Waals surface area contributed by atoms with Crippen LogP contribution in [0.15, 0.2) is 156 Å². The maximum atomic E-state index is 6.70. The zero-order chi connectivity index (χ0) is 34.1. The summed E-state index contributed by atoms with van der Waals surface area (Å²) < 4.78 is 11.6. The van der Waals surface area contributed by atoms with Crippen LogP contribution in [0.5, 0.6) is 0 Å². The van der Waals surface area contributed by atoms with Gasteiger partial charge in [0.1, 0.15) is 11.2 Å². The van der Waals surface area contributed by atoms with Crippen molar-refractivity contribution in [1.82, 2.24) is 9.13 Å². The molecule has 244 valence electrons. The fraction of sp³-hybridized carbons (Fsp3) is 0.0612. The van der Waals surface area contributed by atoms with E-state index >= 15 is 0 Å². The van der Waals surface area contributed by atoms with Crippen LogP contribution in [-0.2, 0) is 0 Å². The molecule has 1 aliphatic rings. The SMILES string of the molecule is CC1CC=Cc2c1c1ccc(-n3c4ccccc4c4c3ccc3c5c6oc7ccccc7c6ccc5n(-c5ccccc5)c34)cc1c1ccccc21. The third-order valence-corrected chi connectivity index (χ3v) is 11.7. The van der Waals surface area contributed by atoms with Crippen LogP contribution < -0.4 is 0 Å². The normalized spacial score (nSPS) is 14.7. The van der Waals surface area contributed by atoms with Gasteiger partial charge in [0, 0.05) is 38.3 Å². The molecule has 0 fully saturated rings. The van der Waals surface area contributed by atoms with E-state index in [0.717, 1.165) is 44.9 Å². The smallest absolute Gasteiger partial charge is 0.145 e. The molecule has 1 unspecified atom stereocenters. The molecular formula is C49H32N2O. The summed E-state index contributed by atoms with van der Waals surface area (Å²) in [6.07, 6.45) is 5.75. The summed E-state index contributed by atoms with van der Waals surface area (Å²) in [7, 11) is 0. The lowest BCUT2D eigenvalue weighted by Gasteiger charge is -2.23. The summed E-state index contributed by atoms with van der Waals surface area (Å²) >= 11 is 0. The van der Waals surface area contributed by atoms with Crippen molar-refractivity contribution in [2.24, 2.45) is 0 Å². The third kappa shape index (κ3) is 3.60. The first-order chi connectivity index (χ1) is 25.7. The minimum atomic E-state index is 0.470. The predicted octanol–water partition coefficient (Wildman–Crippen LogP) is 13.6. The number of allylic oxidation sites excluding steroid dienone is 1. The summed E-state index contributed by atoms with van der Waals surface area (Å²) in [5, 5.41) is 12.4. The van der Waals surface area contributed by atoms with E-state index in [4.69, 9.17) is 4.42 Å². The lowest BCUT2D eigenvalue weighted by molar-refractivity contribution is 0.673. The van der Waals surface area contributed by atoms with Crippen LogP contribution in [0, 0.1) is 0 Å². The van der Waals surface area contributed by atoms with Crippen molar-refractivity contribution in [2.45, 2.75) is 19.3 Å². The summed E-state index contributed by atoms with van der Waals surface area (Å²) in [6.45, 7) is 2.37. The molecule has 0 amide bonds. The van der Waals surface area contributed by atoms with Gasteiger partial charge in [0.25, 0.3) is 0 Å². The molecule has 11 aromatic rings. The predicted molar refractivity (Wildman–Crippen MR) is 219 cm³/mol. The first-order valence-electron chi connectivity index (χ1n) is 18.3. The van der Waals surface area contributed by atoms with E-state index in [0.29, 0.717) is 5.92 Å². The molecule has 0 aliphatic heterocycles. The lowest BCUT2D eigenvalue weighted by Crippen LogP contribution is -2.03.